The van der Waals surface area contributed by atoms with Gasteiger partial charge in [0.1, 0.15) is 0 Å². The van der Waals surface area contributed by atoms with Gasteiger partial charge in [0.2, 0.25) is 0 Å². The first-order chi connectivity index (χ1) is 5.78. The van der Waals surface area contributed by atoms with E-state index in [0.717, 1.165) is 0 Å². The van der Waals surface area contributed by atoms with Crippen LogP contribution in [0.15, 0.2) is 0 Å². The minimum absolute atomic E-state index is 0.0521. The second-order valence-corrected chi connectivity index (χ2v) is 6.89. The molecule has 3 saturated carbocycles. The normalized spacial score (nSPS) is 74.1. The standard InChI is InChI=1S/C12H20O/c1-9-5-10(2)7-12(10,4)8(13)11(9,3)6-9/h8,13H,5-7H2,1-4H3/t8?,9-,10+,11-,12+. The van der Waals surface area contributed by atoms with Crippen LogP contribution in [0.4, 0.5) is 0 Å². The Morgan fingerprint density at radius 1 is 0.846 bits per heavy atom. The highest BCUT2D eigenvalue weighted by molar-refractivity contribution is 5.30. The lowest BCUT2D eigenvalue weighted by atomic mass is 9.69. The first-order valence-corrected chi connectivity index (χ1v) is 5.46. The molecule has 13 heavy (non-hydrogen) atoms. The third kappa shape index (κ3) is 0.614. The summed E-state index contributed by atoms with van der Waals surface area (Å²) in [5.74, 6) is 0. The summed E-state index contributed by atoms with van der Waals surface area (Å²) >= 11 is 0. The highest BCUT2D eigenvalue weighted by Crippen LogP contribution is 2.85. The first kappa shape index (κ1) is 8.28. The van der Waals surface area contributed by atoms with Crippen molar-refractivity contribution in [2.75, 3.05) is 0 Å². The summed E-state index contributed by atoms with van der Waals surface area (Å²) in [5, 5.41) is 10.4. The van der Waals surface area contributed by atoms with Crippen molar-refractivity contribution < 1.29 is 5.11 Å². The summed E-state index contributed by atoms with van der Waals surface area (Å²) in [7, 11) is 0. The topological polar surface area (TPSA) is 20.2 Å². The average Bonchev–Trinajstić information content (AvgIpc) is 2.69. The molecule has 0 amide bonds. The van der Waals surface area contributed by atoms with Gasteiger partial charge in [0.15, 0.2) is 0 Å². The molecule has 0 aromatic rings. The van der Waals surface area contributed by atoms with Crippen molar-refractivity contribution in [2.45, 2.75) is 53.1 Å². The number of aliphatic hydroxyl groups excluding tert-OH is 1. The molecule has 0 radical (unpaired) electrons. The number of rotatable bonds is 0. The van der Waals surface area contributed by atoms with E-state index in [1.165, 1.54) is 19.3 Å². The second kappa shape index (κ2) is 1.60. The molecule has 3 aliphatic carbocycles. The molecular formula is C12H20O. The molecule has 0 heterocycles. The van der Waals surface area contributed by atoms with E-state index in [0.29, 0.717) is 10.8 Å². The van der Waals surface area contributed by atoms with Crippen LogP contribution in [0, 0.1) is 21.7 Å². The SMILES string of the molecule is C[C@@]12C[C@]3(C)C[C@]3(C)C(O)[C@]1(C)C2. The van der Waals surface area contributed by atoms with E-state index in [4.69, 9.17) is 0 Å². The minimum atomic E-state index is -0.0521. The summed E-state index contributed by atoms with van der Waals surface area (Å²) in [6.07, 6.45) is 3.77. The van der Waals surface area contributed by atoms with Gasteiger partial charge in [-0.05, 0) is 40.9 Å². The molecule has 74 valence electrons. The van der Waals surface area contributed by atoms with Crippen LogP contribution in [0.5, 0.6) is 0 Å². The summed E-state index contributed by atoms with van der Waals surface area (Å²) in [6, 6.07) is 0. The molecule has 0 aromatic carbocycles. The van der Waals surface area contributed by atoms with E-state index in [2.05, 4.69) is 27.7 Å². The Morgan fingerprint density at radius 3 is 1.62 bits per heavy atom. The van der Waals surface area contributed by atoms with E-state index in [1.54, 1.807) is 0 Å². The number of hydrogen-bond donors (Lipinski definition) is 1. The number of fused-ring (bicyclic) bond motifs is 2. The van der Waals surface area contributed by atoms with E-state index in [-0.39, 0.29) is 16.9 Å². The highest BCUT2D eigenvalue weighted by Gasteiger charge is 2.81. The Balaban J connectivity index is 2.04. The predicted octanol–water partition coefficient (Wildman–Crippen LogP) is 2.58. The van der Waals surface area contributed by atoms with Gasteiger partial charge in [-0.3, -0.25) is 0 Å². The Hall–Kier alpha value is -0.0400. The predicted molar refractivity (Wildman–Crippen MR) is 52.3 cm³/mol. The van der Waals surface area contributed by atoms with E-state index < -0.39 is 0 Å². The molecule has 3 rings (SSSR count). The Kier molecular flexibility index (Phi) is 1.02. The third-order valence-corrected chi connectivity index (χ3v) is 6.01. The van der Waals surface area contributed by atoms with Gasteiger partial charge in [-0.25, -0.2) is 0 Å². The van der Waals surface area contributed by atoms with Crippen molar-refractivity contribution in [3.8, 4) is 0 Å². The second-order valence-electron chi connectivity index (χ2n) is 6.89. The van der Waals surface area contributed by atoms with Crippen LogP contribution in [0.25, 0.3) is 0 Å². The fourth-order valence-corrected chi connectivity index (χ4v) is 4.48. The maximum Gasteiger partial charge on any atom is 0.0658 e. The third-order valence-electron chi connectivity index (χ3n) is 6.01. The monoisotopic (exact) mass is 180 g/mol. The van der Waals surface area contributed by atoms with Crippen molar-refractivity contribution in [1.82, 2.24) is 0 Å². The molecule has 1 unspecified atom stereocenters. The van der Waals surface area contributed by atoms with Crippen molar-refractivity contribution in [2.24, 2.45) is 21.7 Å². The van der Waals surface area contributed by atoms with Crippen molar-refractivity contribution in [1.29, 1.82) is 0 Å². The molecule has 3 aliphatic rings. The zero-order valence-corrected chi connectivity index (χ0v) is 9.15. The van der Waals surface area contributed by atoms with Crippen LogP contribution in [-0.2, 0) is 0 Å². The molecular weight excluding hydrogens is 160 g/mol. The quantitative estimate of drug-likeness (QED) is 0.607. The van der Waals surface area contributed by atoms with Crippen LogP contribution >= 0.6 is 0 Å². The van der Waals surface area contributed by atoms with Gasteiger partial charge >= 0.3 is 0 Å². The molecule has 0 saturated heterocycles. The molecule has 0 bridgehead atoms. The molecule has 3 fully saturated rings. The van der Waals surface area contributed by atoms with Gasteiger partial charge < -0.3 is 5.11 Å². The summed E-state index contributed by atoms with van der Waals surface area (Å²) < 4.78 is 0. The maximum atomic E-state index is 10.4. The van der Waals surface area contributed by atoms with Gasteiger partial charge in [-0.15, -0.1) is 0 Å². The zero-order valence-electron chi connectivity index (χ0n) is 9.15. The van der Waals surface area contributed by atoms with E-state index >= 15 is 0 Å². The fraction of sp³-hybridized carbons (Fsp3) is 1.00. The minimum Gasteiger partial charge on any atom is -0.392 e. The summed E-state index contributed by atoms with van der Waals surface area (Å²) in [5.41, 5.74) is 1.41. The molecule has 1 nitrogen and oxygen atoms in total. The lowest BCUT2D eigenvalue weighted by Gasteiger charge is -2.38. The van der Waals surface area contributed by atoms with Gasteiger partial charge in [-0.1, -0.05) is 27.7 Å². The Labute approximate surface area is 80.5 Å². The van der Waals surface area contributed by atoms with Crippen molar-refractivity contribution >= 4 is 0 Å². The average molecular weight is 180 g/mol. The largest absolute Gasteiger partial charge is 0.392 e. The fourth-order valence-electron chi connectivity index (χ4n) is 4.48. The summed E-state index contributed by atoms with van der Waals surface area (Å²) in [6.45, 7) is 9.28. The van der Waals surface area contributed by atoms with Gasteiger partial charge in [0.05, 0.1) is 6.10 Å². The number of aliphatic hydroxyl groups is 1. The van der Waals surface area contributed by atoms with Crippen molar-refractivity contribution in [3.63, 3.8) is 0 Å². The molecule has 0 aromatic heterocycles. The summed E-state index contributed by atoms with van der Waals surface area (Å²) in [4.78, 5) is 0. The highest BCUT2D eigenvalue weighted by atomic mass is 16.3. The van der Waals surface area contributed by atoms with Crippen LogP contribution in [0.1, 0.15) is 47.0 Å². The Bertz CT molecular complexity index is 271. The number of hydrogen-bond acceptors (Lipinski definition) is 1. The molecule has 0 aliphatic heterocycles. The van der Waals surface area contributed by atoms with Crippen LogP contribution < -0.4 is 0 Å². The van der Waals surface area contributed by atoms with Crippen LogP contribution in [0.2, 0.25) is 0 Å². The maximum absolute atomic E-state index is 10.4. The van der Waals surface area contributed by atoms with Crippen molar-refractivity contribution in [3.05, 3.63) is 0 Å². The van der Waals surface area contributed by atoms with E-state index in [9.17, 15) is 5.11 Å². The zero-order chi connectivity index (χ0) is 9.70. The first-order valence-electron chi connectivity index (χ1n) is 5.46. The molecule has 5 atom stereocenters. The molecule has 1 N–H and O–H groups in total. The lowest BCUT2D eigenvalue weighted by Crippen LogP contribution is -2.40. The molecule has 0 spiro atoms. The van der Waals surface area contributed by atoms with Gasteiger partial charge in [0, 0.05) is 0 Å². The van der Waals surface area contributed by atoms with Crippen LogP contribution in [-0.4, -0.2) is 11.2 Å². The van der Waals surface area contributed by atoms with Crippen LogP contribution in [0.3, 0.4) is 0 Å². The lowest BCUT2D eigenvalue weighted by molar-refractivity contribution is -0.0286. The Morgan fingerprint density at radius 2 is 1.23 bits per heavy atom. The smallest absolute Gasteiger partial charge is 0.0658 e. The molecule has 1 heteroatoms. The van der Waals surface area contributed by atoms with E-state index in [1.807, 2.05) is 0 Å². The van der Waals surface area contributed by atoms with Gasteiger partial charge in [0.25, 0.3) is 0 Å². The van der Waals surface area contributed by atoms with Gasteiger partial charge in [-0.2, -0.15) is 0 Å².